The highest BCUT2D eigenvalue weighted by molar-refractivity contribution is 7.14. The van der Waals surface area contributed by atoms with Gasteiger partial charge < -0.3 is 10.1 Å². The molecule has 1 N–H and O–H groups in total. The summed E-state index contributed by atoms with van der Waals surface area (Å²) in [4.78, 5) is 21.8. The fraction of sp³-hybridized carbons (Fsp3) is 0.0455. The van der Waals surface area contributed by atoms with Gasteiger partial charge in [0.15, 0.2) is 0 Å². The van der Waals surface area contributed by atoms with Crippen LogP contribution in [0.5, 0.6) is 5.75 Å². The number of carbonyl (C=O) groups is 1. The summed E-state index contributed by atoms with van der Waals surface area (Å²) < 4.78 is 19.1. The van der Waals surface area contributed by atoms with Crippen molar-refractivity contribution >= 4 is 22.9 Å². The third-order valence-corrected chi connectivity index (χ3v) is 5.28. The summed E-state index contributed by atoms with van der Waals surface area (Å²) in [5.74, 6) is -0.846. The SMILES string of the molecule is COc1ccc(C(=O)Nc2cncc(-c3cc(-c4cccnc4)cs3)c2)c(F)c1. The highest BCUT2D eigenvalue weighted by Crippen LogP contribution is 2.33. The normalized spacial score (nSPS) is 10.6. The zero-order chi connectivity index (χ0) is 20.2. The van der Waals surface area contributed by atoms with Gasteiger partial charge in [-0.1, -0.05) is 6.07 Å². The number of methoxy groups -OCH3 is 1. The first kappa shape index (κ1) is 18.8. The number of nitrogens with one attached hydrogen (secondary N) is 1. The number of carbonyl (C=O) groups excluding carboxylic acids is 1. The average molecular weight is 405 g/mol. The lowest BCUT2D eigenvalue weighted by atomic mass is 10.1. The maximum Gasteiger partial charge on any atom is 0.258 e. The quantitative estimate of drug-likeness (QED) is 0.491. The van der Waals surface area contributed by atoms with Gasteiger partial charge in [-0.05, 0) is 41.3 Å². The molecule has 0 fully saturated rings. The number of benzene rings is 1. The van der Waals surface area contributed by atoms with Crippen molar-refractivity contribution in [3.05, 3.63) is 84.0 Å². The van der Waals surface area contributed by atoms with Gasteiger partial charge >= 0.3 is 0 Å². The van der Waals surface area contributed by atoms with E-state index in [9.17, 15) is 9.18 Å². The second kappa shape index (κ2) is 8.20. The van der Waals surface area contributed by atoms with Crippen molar-refractivity contribution in [2.45, 2.75) is 0 Å². The predicted molar refractivity (Wildman–Crippen MR) is 112 cm³/mol. The van der Waals surface area contributed by atoms with E-state index >= 15 is 0 Å². The van der Waals surface area contributed by atoms with Gasteiger partial charge in [-0.3, -0.25) is 14.8 Å². The first-order valence-corrected chi connectivity index (χ1v) is 9.61. The molecule has 3 aromatic heterocycles. The van der Waals surface area contributed by atoms with Crippen molar-refractivity contribution in [3.8, 4) is 27.3 Å². The minimum atomic E-state index is -0.648. The molecule has 7 heteroatoms. The molecule has 0 aliphatic heterocycles. The summed E-state index contributed by atoms with van der Waals surface area (Å²) in [5.41, 5.74) is 3.37. The van der Waals surface area contributed by atoms with Crippen LogP contribution in [0.15, 0.2) is 72.6 Å². The molecule has 144 valence electrons. The highest BCUT2D eigenvalue weighted by atomic mass is 32.1. The number of hydrogen-bond acceptors (Lipinski definition) is 5. The fourth-order valence-corrected chi connectivity index (χ4v) is 3.72. The Morgan fingerprint density at radius 3 is 2.66 bits per heavy atom. The van der Waals surface area contributed by atoms with Crippen LogP contribution in [0.4, 0.5) is 10.1 Å². The van der Waals surface area contributed by atoms with Crippen molar-refractivity contribution in [2.24, 2.45) is 0 Å². The molecule has 1 aromatic carbocycles. The van der Waals surface area contributed by atoms with Gasteiger partial charge in [0, 0.05) is 40.7 Å². The van der Waals surface area contributed by atoms with E-state index in [0.717, 1.165) is 21.6 Å². The molecule has 0 atom stereocenters. The highest BCUT2D eigenvalue weighted by Gasteiger charge is 2.14. The lowest BCUT2D eigenvalue weighted by Gasteiger charge is -2.08. The molecule has 1 amide bonds. The molecule has 29 heavy (non-hydrogen) atoms. The van der Waals surface area contributed by atoms with Gasteiger partial charge in [-0.15, -0.1) is 11.3 Å². The second-order valence-corrected chi connectivity index (χ2v) is 7.11. The Morgan fingerprint density at radius 2 is 1.90 bits per heavy atom. The Labute approximate surface area is 170 Å². The molecular formula is C22H16FN3O2S. The molecule has 0 aliphatic carbocycles. The number of ether oxygens (including phenoxy) is 1. The Morgan fingerprint density at radius 1 is 1.03 bits per heavy atom. The number of halogens is 1. The molecule has 0 bridgehead atoms. The number of thiophene rings is 1. The zero-order valence-corrected chi connectivity index (χ0v) is 16.2. The standard InChI is InChI=1S/C22H16FN3O2S/c1-28-18-4-5-19(20(23)9-18)22(27)26-17-7-15(11-25-12-17)21-8-16(13-29-21)14-3-2-6-24-10-14/h2-13H,1H3,(H,26,27). The Bertz CT molecular complexity index is 1160. The summed E-state index contributed by atoms with van der Waals surface area (Å²) in [6, 6.07) is 11.9. The van der Waals surface area contributed by atoms with Crippen LogP contribution in [0.2, 0.25) is 0 Å². The van der Waals surface area contributed by atoms with E-state index in [1.807, 2.05) is 35.8 Å². The molecule has 0 saturated carbocycles. The molecule has 0 aliphatic rings. The maximum atomic E-state index is 14.1. The van der Waals surface area contributed by atoms with E-state index in [0.29, 0.717) is 11.4 Å². The van der Waals surface area contributed by atoms with Crippen LogP contribution in [0.1, 0.15) is 10.4 Å². The largest absolute Gasteiger partial charge is 0.497 e. The minimum absolute atomic E-state index is 0.0637. The van der Waals surface area contributed by atoms with Crippen LogP contribution < -0.4 is 10.1 Å². The van der Waals surface area contributed by atoms with E-state index in [2.05, 4.69) is 15.3 Å². The van der Waals surface area contributed by atoms with E-state index in [4.69, 9.17) is 4.74 Å². The Hall–Kier alpha value is -3.58. The van der Waals surface area contributed by atoms with Crippen molar-refractivity contribution in [1.82, 2.24) is 9.97 Å². The summed E-state index contributed by atoms with van der Waals surface area (Å²) >= 11 is 1.57. The van der Waals surface area contributed by atoms with E-state index in [1.165, 1.54) is 31.5 Å². The van der Waals surface area contributed by atoms with Crippen LogP contribution in [-0.4, -0.2) is 23.0 Å². The third-order valence-electron chi connectivity index (χ3n) is 4.30. The van der Waals surface area contributed by atoms with Crippen molar-refractivity contribution in [2.75, 3.05) is 12.4 Å². The van der Waals surface area contributed by atoms with E-state index in [-0.39, 0.29) is 5.56 Å². The number of amides is 1. The average Bonchev–Trinajstić information content (AvgIpc) is 3.25. The molecule has 0 spiro atoms. The number of anilines is 1. The molecular weight excluding hydrogens is 389 g/mol. The molecule has 0 unspecified atom stereocenters. The molecule has 4 aromatic rings. The van der Waals surface area contributed by atoms with E-state index in [1.54, 1.807) is 23.7 Å². The van der Waals surface area contributed by atoms with Crippen LogP contribution in [0.3, 0.4) is 0 Å². The fourth-order valence-electron chi connectivity index (χ4n) is 2.82. The van der Waals surface area contributed by atoms with Crippen LogP contribution in [0.25, 0.3) is 21.6 Å². The number of aromatic nitrogens is 2. The molecule has 0 radical (unpaired) electrons. The smallest absolute Gasteiger partial charge is 0.258 e. The number of hydrogen-bond donors (Lipinski definition) is 1. The van der Waals surface area contributed by atoms with Crippen molar-refractivity contribution < 1.29 is 13.9 Å². The molecule has 0 saturated heterocycles. The first-order valence-electron chi connectivity index (χ1n) is 8.73. The summed E-state index contributed by atoms with van der Waals surface area (Å²) in [6.07, 6.45) is 6.80. The van der Waals surface area contributed by atoms with Crippen LogP contribution >= 0.6 is 11.3 Å². The van der Waals surface area contributed by atoms with E-state index < -0.39 is 11.7 Å². The number of nitrogens with zero attached hydrogens (tertiary/aromatic N) is 2. The van der Waals surface area contributed by atoms with Gasteiger partial charge in [0.05, 0.1) is 24.6 Å². The summed E-state index contributed by atoms with van der Waals surface area (Å²) in [6.45, 7) is 0. The zero-order valence-electron chi connectivity index (χ0n) is 15.4. The van der Waals surface area contributed by atoms with Gasteiger partial charge in [-0.2, -0.15) is 0 Å². The summed E-state index contributed by atoms with van der Waals surface area (Å²) in [5, 5.41) is 4.74. The van der Waals surface area contributed by atoms with Crippen LogP contribution in [-0.2, 0) is 0 Å². The van der Waals surface area contributed by atoms with Gasteiger partial charge in [0.1, 0.15) is 11.6 Å². The monoisotopic (exact) mass is 405 g/mol. The Balaban J connectivity index is 1.55. The Kier molecular flexibility index (Phi) is 5.31. The minimum Gasteiger partial charge on any atom is -0.497 e. The molecule has 5 nitrogen and oxygen atoms in total. The third kappa shape index (κ3) is 4.14. The lowest BCUT2D eigenvalue weighted by molar-refractivity contribution is 0.102. The first-order chi connectivity index (χ1) is 14.1. The molecule has 3 heterocycles. The topological polar surface area (TPSA) is 64.1 Å². The van der Waals surface area contributed by atoms with Crippen molar-refractivity contribution in [3.63, 3.8) is 0 Å². The van der Waals surface area contributed by atoms with Gasteiger partial charge in [0.2, 0.25) is 0 Å². The number of pyridine rings is 2. The lowest BCUT2D eigenvalue weighted by Crippen LogP contribution is -2.14. The number of rotatable bonds is 5. The van der Waals surface area contributed by atoms with Gasteiger partial charge in [-0.25, -0.2) is 4.39 Å². The van der Waals surface area contributed by atoms with Gasteiger partial charge in [0.25, 0.3) is 5.91 Å². The van der Waals surface area contributed by atoms with Crippen LogP contribution in [0, 0.1) is 5.82 Å². The predicted octanol–water partition coefficient (Wildman–Crippen LogP) is 5.27. The maximum absolute atomic E-state index is 14.1. The summed E-state index contributed by atoms with van der Waals surface area (Å²) in [7, 11) is 1.44. The van der Waals surface area contributed by atoms with Crippen molar-refractivity contribution in [1.29, 1.82) is 0 Å². The second-order valence-electron chi connectivity index (χ2n) is 6.20. The molecule has 4 rings (SSSR count).